The summed E-state index contributed by atoms with van der Waals surface area (Å²) in [4.78, 5) is 44.0. The zero-order valence-corrected chi connectivity index (χ0v) is 18.9. The standard InChI is InChI=1S/C22H30ClN5O4/c23-18-11-16(17-12-20(29)25-21(30)13-17)1-2-19(18)27-9-7-26(8-10-27)14-15-3-5-28(6-4-15)32-22(24)31/h1-2,11,15,17H,3-10,12-14H2,(H2,24,31)(H,25,29,30). The van der Waals surface area contributed by atoms with Gasteiger partial charge < -0.3 is 15.5 Å². The molecule has 3 amide bonds. The molecule has 0 atom stereocenters. The highest BCUT2D eigenvalue weighted by Gasteiger charge is 2.28. The van der Waals surface area contributed by atoms with Crippen LogP contribution in [0.4, 0.5) is 10.5 Å². The molecule has 4 rings (SSSR count). The molecule has 0 unspecified atom stereocenters. The third-order valence-corrected chi connectivity index (χ3v) is 6.91. The van der Waals surface area contributed by atoms with Crippen LogP contribution in [0, 0.1) is 5.92 Å². The number of nitrogens with one attached hydrogen (secondary N) is 1. The van der Waals surface area contributed by atoms with Gasteiger partial charge >= 0.3 is 6.09 Å². The number of halogens is 1. The van der Waals surface area contributed by atoms with E-state index in [-0.39, 0.29) is 17.7 Å². The minimum atomic E-state index is -0.746. The number of imide groups is 1. The van der Waals surface area contributed by atoms with Crippen LogP contribution >= 0.6 is 11.6 Å². The van der Waals surface area contributed by atoms with Crippen LogP contribution in [0.2, 0.25) is 5.02 Å². The van der Waals surface area contributed by atoms with Crippen LogP contribution in [0.25, 0.3) is 0 Å². The molecule has 9 nitrogen and oxygen atoms in total. The number of amides is 3. The average Bonchev–Trinajstić information content (AvgIpc) is 2.75. The molecule has 0 aromatic heterocycles. The molecular formula is C22H30ClN5O4. The van der Waals surface area contributed by atoms with Crippen LogP contribution in [0.3, 0.4) is 0 Å². The van der Waals surface area contributed by atoms with Crippen molar-refractivity contribution in [3.05, 3.63) is 28.8 Å². The van der Waals surface area contributed by atoms with E-state index in [0.717, 1.165) is 69.9 Å². The van der Waals surface area contributed by atoms with Crippen LogP contribution in [-0.4, -0.2) is 73.7 Å². The minimum Gasteiger partial charge on any atom is -0.368 e. The summed E-state index contributed by atoms with van der Waals surface area (Å²) >= 11 is 6.61. The molecular weight excluding hydrogens is 434 g/mol. The first-order chi connectivity index (χ1) is 15.4. The van der Waals surface area contributed by atoms with Crippen molar-refractivity contribution in [1.29, 1.82) is 0 Å². The highest BCUT2D eigenvalue weighted by atomic mass is 35.5. The lowest BCUT2D eigenvalue weighted by molar-refractivity contribution is -0.133. The number of hydrogen-bond donors (Lipinski definition) is 2. The molecule has 174 valence electrons. The van der Waals surface area contributed by atoms with Gasteiger partial charge in [0.1, 0.15) is 0 Å². The van der Waals surface area contributed by atoms with Gasteiger partial charge in [-0.15, -0.1) is 5.06 Å². The topological polar surface area (TPSA) is 108 Å². The first-order valence-corrected chi connectivity index (χ1v) is 11.6. The van der Waals surface area contributed by atoms with Crippen molar-refractivity contribution in [2.45, 2.75) is 31.6 Å². The number of anilines is 1. The molecule has 3 aliphatic rings. The Kier molecular flexibility index (Phi) is 7.17. The molecule has 10 heteroatoms. The summed E-state index contributed by atoms with van der Waals surface area (Å²) in [6, 6.07) is 5.91. The normalized spacial score (nSPS) is 22.1. The van der Waals surface area contributed by atoms with Crippen molar-refractivity contribution in [2.24, 2.45) is 11.7 Å². The van der Waals surface area contributed by atoms with Crippen molar-refractivity contribution in [2.75, 3.05) is 50.7 Å². The van der Waals surface area contributed by atoms with Crippen molar-refractivity contribution in [3.8, 4) is 0 Å². The van der Waals surface area contributed by atoms with Crippen molar-refractivity contribution in [1.82, 2.24) is 15.3 Å². The van der Waals surface area contributed by atoms with Gasteiger partial charge in [0, 0.05) is 64.6 Å². The second-order valence-corrected chi connectivity index (χ2v) is 9.26. The van der Waals surface area contributed by atoms with Crippen molar-refractivity contribution < 1.29 is 19.2 Å². The molecule has 0 bridgehead atoms. The molecule has 0 aliphatic carbocycles. The second kappa shape index (κ2) is 10.1. The Morgan fingerprint density at radius 2 is 1.72 bits per heavy atom. The van der Waals surface area contributed by atoms with Crippen molar-refractivity contribution >= 4 is 35.2 Å². The number of hydrogen-bond acceptors (Lipinski definition) is 7. The monoisotopic (exact) mass is 463 g/mol. The molecule has 0 saturated carbocycles. The van der Waals surface area contributed by atoms with Crippen LogP contribution in [0.1, 0.15) is 37.2 Å². The third-order valence-electron chi connectivity index (χ3n) is 6.61. The van der Waals surface area contributed by atoms with E-state index >= 15 is 0 Å². The highest BCUT2D eigenvalue weighted by Crippen LogP contribution is 2.34. The number of hydroxylamine groups is 2. The molecule has 0 radical (unpaired) electrons. The number of nitrogens with two attached hydrogens (primary N) is 1. The van der Waals surface area contributed by atoms with Crippen molar-refractivity contribution in [3.63, 3.8) is 0 Å². The predicted molar refractivity (Wildman–Crippen MR) is 120 cm³/mol. The van der Waals surface area contributed by atoms with Crippen LogP contribution in [0.5, 0.6) is 0 Å². The molecule has 3 aliphatic heterocycles. The van der Waals surface area contributed by atoms with E-state index in [1.165, 1.54) is 0 Å². The fourth-order valence-corrected chi connectivity index (χ4v) is 5.20. The van der Waals surface area contributed by atoms with Gasteiger partial charge in [-0.2, -0.15) is 0 Å². The second-order valence-electron chi connectivity index (χ2n) is 8.86. The fourth-order valence-electron chi connectivity index (χ4n) is 4.89. The summed E-state index contributed by atoms with van der Waals surface area (Å²) in [5.41, 5.74) is 7.02. The Morgan fingerprint density at radius 1 is 1.06 bits per heavy atom. The first kappa shape index (κ1) is 22.8. The van der Waals surface area contributed by atoms with Gasteiger partial charge in [-0.25, -0.2) is 4.79 Å². The number of primary amides is 1. The molecule has 1 aromatic carbocycles. The SMILES string of the molecule is NC(=O)ON1CCC(CN2CCN(c3ccc(C4CC(=O)NC(=O)C4)cc3Cl)CC2)CC1. The van der Waals surface area contributed by atoms with Gasteiger partial charge in [0.05, 0.1) is 10.7 Å². The zero-order valence-electron chi connectivity index (χ0n) is 18.1. The summed E-state index contributed by atoms with van der Waals surface area (Å²) in [7, 11) is 0. The molecule has 1 aromatic rings. The number of piperidine rings is 2. The van der Waals surface area contributed by atoms with Gasteiger partial charge in [0.25, 0.3) is 0 Å². The lowest BCUT2D eigenvalue weighted by Crippen LogP contribution is -2.49. The fraction of sp³-hybridized carbons (Fsp3) is 0.591. The highest BCUT2D eigenvalue weighted by molar-refractivity contribution is 6.33. The lowest BCUT2D eigenvalue weighted by Gasteiger charge is -2.39. The van der Waals surface area contributed by atoms with E-state index < -0.39 is 6.09 Å². The third kappa shape index (κ3) is 5.70. The first-order valence-electron chi connectivity index (χ1n) is 11.2. The number of benzene rings is 1. The molecule has 3 N–H and O–H groups in total. The maximum absolute atomic E-state index is 11.7. The van der Waals surface area contributed by atoms with Crippen LogP contribution < -0.4 is 16.0 Å². The van der Waals surface area contributed by atoms with Gasteiger partial charge in [-0.1, -0.05) is 17.7 Å². The smallest absolute Gasteiger partial charge is 0.368 e. The molecule has 3 saturated heterocycles. The Hall–Kier alpha value is -2.36. The van der Waals surface area contributed by atoms with E-state index in [1.54, 1.807) is 5.06 Å². The van der Waals surface area contributed by atoms with Gasteiger partial charge in [-0.05, 0) is 36.5 Å². The van der Waals surface area contributed by atoms with Crippen LogP contribution in [0.15, 0.2) is 18.2 Å². The predicted octanol–water partition coefficient (Wildman–Crippen LogP) is 1.70. The van der Waals surface area contributed by atoms with Crippen LogP contribution in [-0.2, 0) is 14.4 Å². The Balaban J connectivity index is 1.27. The zero-order chi connectivity index (χ0) is 22.7. The van der Waals surface area contributed by atoms with Gasteiger partial charge in [0.2, 0.25) is 11.8 Å². The number of carbonyl (C=O) groups is 3. The quantitative estimate of drug-likeness (QED) is 0.640. The van der Waals surface area contributed by atoms with E-state index in [4.69, 9.17) is 22.2 Å². The summed E-state index contributed by atoms with van der Waals surface area (Å²) in [5.74, 6) is 0.0225. The van der Waals surface area contributed by atoms with Gasteiger partial charge in [0.15, 0.2) is 0 Å². The molecule has 3 heterocycles. The molecule has 3 fully saturated rings. The van der Waals surface area contributed by atoms with Gasteiger partial charge in [-0.3, -0.25) is 19.8 Å². The lowest BCUT2D eigenvalue weighted by atomic mass is 9.89. The summed E-state index contributed by atoms with van der Waals surface area (Å²) < 4.78 is 0. The maximum Gasteiger partial charge on any atom is 0.423 e. The summed E-state index contributed by atoms with van der Waals surface area (Å²) in [5, 5.41) is 4.66. The van der Waals surface area contributed by atoms with E-state index in [2.05, 4.69) is 15.1 Å². The number of rotatable bonds is 5. The molecule has 32 heavy (non-hydrogen) atoms. The summed E-state index contributed by atoms with van der Waals surface area (Å²) in [6.45, 7) is 6.22. The van der Waals surface area contributed by atoms with E-state index in [1.807, 2.05) is 18.2 Å². The minimum absolute atomic E-state index is 0.112. The average molecular weight is 464 g/mol. The number of carbonyl (C=O) groups excluding carboxylic acids is 3. The Morgan fingerprint density at radius 3 is 2.31 bits per heavy atom. The molecule has 0 spiro atoms. The largest absolute Gasteiger partial charge is 0.423 e. The Labute approximate surface area is 192 Å². The Bertz CT molecular complexity index is 850. The van der Waals surface area contributed by atoms with E-state index in [9.17, 15) is 14.4 Å². The van der Waals surface area contributed by atoms with E-state index in [0.29, 0.717) is 23.8 Å². The maximum atomic E-state index is 11.7. The summed E-state index contributed by atoms with van der Waals surface area (Å²) in [6.07, 6.45) is 1.86. The number of piperazine rings is 1. The number of nitrogens with zero attached hydrogens (tertiary/aromatic N) is 3.